The van der Waals surface area contributed by atoms with Crippen LogP contribution in [-0.4, -0.2) is 15.0 Å². The Balaban J connectivity index is 2.34. The van der Waals surface area contributed by atoms with E-state index in [0.717, 1.165) is 0 Å². The van der Waals surface area contributed by atoms with E-state index in [4.69, 9.17) is 0 Å². The Kier molecular flexibility index (Phi) is 3.43. The van der Waals surface area contributed by atoms with Gasteiger partial charge >= 0.3 is 6.18 Å². The highest BCUT2D eigenvalue weighted by Crippen LogP contribution is 2.40. The monoisotopic (exact) mass is 275 g/mol. The van der Waals surface area contributed by atoms with Crippen molar-refractivity contribution in [2.45, 2.75) is 32.5 Å². The van der Waals surface area contributed by atoms with Gasteiger partial charge in [0.1, 0.15) is 0 Å². The Hall–Kier alpha value is -1.37. The van der Waals surface area contributed by atoms with Crippen LogP contribution in [0.2, 0.25) is 0 Å². The SMILES string of the molecule is CC(C)c1sc(Cn2nccn2)cc1C(F)(F)F. The summed E-state index contributed by atoms with van der Waals surface area (Å²) < 4.78 is 38.6. The first-order valence-corrected chi connectivity index (χ1v) is 6.23. The molecule has 2 aromatic heterocycles. The summed E-state index contributed by atoms with van der Waals surface area (Å²) in [6, 6.07) is 1.20. The van der Waals surface area contributed by atoms with E-state index in [1.54, 1.807) is 13.8 Å². The summed E-state index contributed by atoms with van der Waals surface area (Å²) in [5.41, 5.74) is -0.537. The molecule has 7 heteroatoms. The molecule has 0 bridgehead atoms. The molecule has 2 aromatic rings. The van der Waals surface area contributed by atoms with E-state index in [1.807, 2.05) is 0 Å². The number of thiophene rings is 1. The number of aromatic nitrogens is 3. The first kappa shape index (κ1) is 13.1. The average Bonchev–Trinajstić information content (AvgIpc) is 2.85. The van der Waals surface area contributed by atoms with Gasteiger partial charge in [-0.1, -0.05) is 13.8 Å². The van der Waals surface area contributed by atoms with E-state index in [9.17, 15) is 13.2 Å². The molecule has 0 aliphatic carbocycles. The lowest BCUT2D eigenvalue weighted by Crippen LogP contribution is -2.07. The molecule has 0 aliphatic rings. The topological polar surface area (TPSA) is 30.7 Å². The molecule has 0 amide bonds. The van der Waals surface area contributed by atoms with E-state index in [0.29, 0.717) is 9.75 Å². The maximum absolute atomic E-state index is 12.9. The van der Waals surface area contributed by atoms with Crippen molar-refractivity contribution < 1.29 is 13.2 Å². The molecule has 0 aliphatic heterocycles. The molecule has 3 nitrogen and oxygen atoms in total. The Morgan fingerprint density at radius 2 is 1.89 bits per heavy atom. The lowest BCUT2D eigenvalue weighted by molar-refractivity contribution is -0.138. The zero-order valence-electron chi connectivity index (χ0n) is 9.90. The lowest BCUT2D eigenvalue weighted by Gasteiger charge is -2.09. The number of alkyl halides is 3. The van der Waals surface area contributed by atoms with Crippen LogP contribution in [0, 0.1) is 0 Å². The minimum absolute atomic E-state index is 0.147. The van der Waals surface area contributed by atoms with E-state index in [-0.39, 0.29) is 12.5 Å². The molecule has 2 rings (SSSR count). The van der Waals surface area contributed by atoms with Crippen LogP contribution in [0.15, 0.2) is 18.5 Å². The third-order valence-electron chi connectivity index (χ3n) is 2.41. The fourth-order valence-electron chi connectivity index (χ4n) is 1.65. The highest BCUT2D eigenvalue weighted by Gasteiger charge is 2.35. The fourth-order valence-corrected chi connectivity index (χ4v) is 2.81. The normalized spacial score (nSPS) is 12.3. The van der Waals surface area contributed by atoms with Gasteiger partial charge in [0.2, 0.25) is 0 Å². The second-order valence-electron chi connectivity index (χ2n) is 4.20. The fraction of sp³-hybridized carbons (Fsp3) is 0.455. The average molecular weight is 275 g/mol. The zero-order valence-corrected chi connectivity index (χ0v) is 10.7. The van der Waals surface area contributed by atoms with Gasteiger partial charge in [-0.15, -0.1) is 11.3 Å². The molecular weight excluding hydrogens is 263 g/mol. The van der Waals surface area contributed by atoms with Gasteiger partial charge in [0.25, 0.3) is 0 Å². The summed E-state index contributed by atoms with van der Waals surface area (Å²) in [6.45, 7) is 3.79. The van der Waals surface area contributed by atoms with Crippen molar-refractivity contribution >= 4 is 11.3 Å². The van der Waals surface area contributed by atoms with Gasteiger partial charge in [0, 0.05) is 9.75 Å². The van der Waals surface area contributed by atoms with Gasteiger partial charge in [-0.05, 0) is 12.0 Å². The summed E-state index contributed by atoms with van der Waals surface area (Å²) in [4.78, 5) is 2.35. The van der Waals surface area contributed by atoms with E-state index < -0.39 is 11.7 Å². The van der Waals surface area contributed by atoms with Crippen LogP contribution in [0.4, 0.5) is 13.2 Å². The quantitative estimate of drug-likeness (QED) is 0.858. The van der Waals surface area contributed by atoms with Gasteiger partial charge < -0.3 is 0 Å². The maximum atomic E-state index is 12.9. The lowest BCUT2D eigenvalue weighted by atomic mass is 10.1. The maximum Gasteiger partial charge on any atom is 0.417 e. The highest BCUT2D eigenvalue weighted by atomic mass is 32.1. The van der Waals surface area contributed by atoms with E-state index >= 15 is 0 Å². The Labute approximate surface area is 106 Å². The van der Waals surface area contributed by atoms with Crippen LogP contribution in [0.5, 0.6) is 0 Å². The second kappa shape index (κ2) is 4.72. The molecule has 0 aromatic carbocycles. The van der Waals surface area contributed by atoms with Gasteiger partial charge in [-0.3, -0.25) is 0 Å². The molecule has 0 saturated carbocycles. The van der Waals surface area contributed by atoms with Crippen molar-refractivity contribution in [3.8, 4) is 0 Å². The molecule has 98 valence electrons. The highest BCUT2D eigenvalue weighted by molar-refractivity contribution is 7.12. The number of rotatable bonds is 3. The zero-order chi connectivity index (χ0) is 13.3. The number of halogens is 3. The number of nitrogens with zero attached hydrogens (tertiary/aromatic N) is 3. The summed E-state index contributed by atoms with van der Waals surface area (Å²) in [5.74, 6) is -0.147. The Morgan fingerprint density at radius 3 is 2.33 bits per heavy atom. The van der Waals surface area contributed by atoms with Crippen LogP contribution < -0.4 is 0 Å². The van der Waals surface area contributed by atoms with Gasteiger partial charge in [-0.2, -0.15) is 28.2 Å². The van der Waals surface area contributed by atoms with Crippen molar-refractivity contribution in [2.75, 3.05) is 0 Å². The third kappa shape index (κ3) is 2.72. The Morgan fingerprint density at radius 1 is 1.28 bits per heavy atom. The molecule has 0 N–H and O–H groups in total. The van der Waals surface area contributed by atoms with E-state index in [1.165, 1.54) is 34.6 Å². The van der Waals surface area contributed by atoms with Gasteiger partial charge in [0.15, 0.2) is 0 Å². The van der Waals surface area contributed by atoms with Crippen LogP contribution >= 0.6 is 11.3 Å². The molecule has 0 fully saturated rings. The standard InChI is InChI=1S/C11H12F3N3S/c1-7(2)10-9(11(12,13)14)5-8(18-10)6-17-15-3-4-16-17/h3-5,7H,6H2,1-2H3. The van der Waals surface area contributed by atoms with Crippen molar-refractivity contribution in [2.24, 2.45) is 0 Å². The van der Waals surface area contributed by atoms with Crippen molar-refractivity contribution in [1.29, 1.82) is 0 Å². The summed E-state index contributed by atoms with van der Waals surface area (Å²) in [5, 5.41) is 7.78. The van der Waals surface area contributed by atoms with Gasteiger partial charge in [0.05, 0.1) is 24.5 Å². The molecule has 0 spiro atoms. The first-order valence-electron chi connectivity index (χ1n) is 5.42. The third-order valence-corrected chi connectivity index (χ3v) is 3.83. The molecule has 2 heterocycles. The van der Waals surface area contributed by atoms with Crippen LogP contribution in [0.1, 0.15) is 35.1 Å². The predicted octanol–water partition coefficient (Wildman–Crippen LogP) is 3.53. The van der Waals surface area contributed by atoms with E-state index in [2.05, 4.69) is 10.2 Å². The van der Waals surface area contributed by atoms with Crippen LogP contribution in [-0.2, 0) is 12.7 Å². The largest absolute Gasteiger partial charge is 0.417 e. The minimum atomic E-state index is -4.30. The number of hydrogen-bond acceptors (Lipinski definition) is 3. The van der Waals surface area contributed by atoms with Gasteiger partial charge in [-0.25, -0.2) is 0 Å². The second-order valence-corrected chi connectivity index (χ2v) is 5.37. The molecule has 0 saturated heterocycles. The van der Waals surface area contributed by atoms with Crippen LogP contribution in [0.25, 0.3) is 0 Å². The minimum Gasteiger partial charge on any atom is -0.180 e. The molecule has 0 atom stereocenters. The molecular formula is C11H12F3N3S. The Bertz CT molecular complexity index is 514. The summed E-state index contributed by atoms with van der Waals surface area (Å²) >= 11 is 1.17. The summed E-state index contributed by atoms with van der Waals surface area (Å²) in [6.07, 6.45) is -1.30. The first-order chi connectivity index (χ1) is 8.38. The molecule has 18 heavy (non-hydrogen) atoms. The molecule has 0 unspecified atom stereocenters. The molecule has 0 radical (unpaired) electrons. The smallest absolute Gasteiger partial charge is 0.180 e. The van der Waals surface area contributed by atoms with Crippen molar-refractivity contribution in [3.05, 3.63) is 33.8 Å². The van der Waals surface area contributed by atoms with Crippen molar-refractivity contribution in [1.82, 2.24) is 15.0 Å². The number of hydrogen-bond donors (Lipinski definition) is 0. The summed E-state index contributed by atoms with van der Waals surface area (Å²) in [7, 11) is 0. The van der Waals surface area contributed by atoms with Crippen LogP contribution in [0.3, 0.4) is 0 Å². The van der Waals surface area contributed by atoms with Crippen molar-refractivity contribution in [3.63, 3.8) is 0 Å². The predicted molar refractivity (Wildman–Crippen MR) is 62.5 cm³/mol.